The van der Waals surface area contributed by atoms with Gasteiger partial charge in [-0.15, -0.1) is 0 Å². The van der Waals surface area contributed by atoms with Crippen molar-refractivity contribution in [3.8, 4) is 0 Å². The van der Waals surface area contributed by atoms with Gasteiger partial charge >= 0.3 is 0 Å². The van der Waals surface area contributed by atoms with Crippen molar-refractivity contribution in [1.29, 1.82) is 0 Å². The Bertz CT molecular complexity index is 567. The highest BCUT2D eigenvalue weighted by atomic mass is 35.5. The van der Waals surface area contributed by atoms with Crippen LogP contribution in [0.5, 0.6) is 0 Å². The standard InChI is InChI=1S/C15H19ClN4/c1-11-15(16)13(19-18-11)10-20-9-5-3-7-14(20)12-6-2-4-8-17-12/h2,4,6,8,14H,3,5,7,9-10H2,1H3,(H,18,19)/t14-/m1/s1. The first-order valence-corrected chi connectivity index (χ1v) is 7.48. The van der Waals surface area contributed by atoms with Crippen LogP contribution < -0.4 is 0 Å². The maximum absolute atomic E-state index is 6.29. The summed E-state index contributed by atoms with van der Waals surface area (Å²) >= 11 is 6.29. The van der Waals surface area contributed by atoms with Gasteiger partial charge in [0.1, 0.15) is 0 Å². The molecule has 0 amide bonds. The Hall–Kier alpha value is -1.39. The van der Waals surface area contributed by atoms with Crippen molar-refractivity contribution in [2.45, 2.75) is 38.8 Å². The van der Waals surface area contributed by atoms with Crippen molar-refractivity contribution < 1.29 is 0 Å². The summed E-state index contributed by atoms with van der Waals surface area (Å²) in [6, 6.07) is 6.50. The molecule has 20 heavy (non-hydrogen) atoms. The minimum absolute atomic E-state index is 0.373. The molecule has 2 aromatic heterocycles. The smallest absolute Gasteiger partial charge is 0.0951 e. The van der Waals surface area contributed by atoms with Gasteiger partial charge in [-0.3, -0.25) is 15.0 Å². The normalized spacial score (nSPS) is 20.2. The maximum atomic E-state index is 6.29. The van der Waals surface area contributed by atoms with E-state index in [0.717, 1.165) is 41.6 Å². The van der Waals surface area contributed by atoms with Crippen LogP contribution in [0.2, 0.25) is 5.02 Å². The van der Waals surface area contributed by atoms with E-state index in [-0.39, 0.29) is 0 Å². The van der Waals surface area contributed by atoms with E-state index in [9.17, 15) is 0 Å². The first kappa shape index (κ1) is 13.6. The van der Waals surface area contributed by atoms with Gasteiger partial charge in [0.25, 0.3) is 0 Å². The second-order valence-electron chi connectivity index (χ2n) is 5.35. The van der Waals surface area contributed by atoms with Crippen molar-refractivity contribution in [1.82, 2.24) is 20.1 Å². The number of rotatable bonds is 3. The number of hydrogen-bond acceptors (Lipinski definition) is 3. The number of aromatic amines is 1. The quantitative estimate of drug-likeness (QED) is 0.941. The van der Waals surface area contributed by atoms with E-state index in [4.69, 9.17) is 11.6 Å². The summed E-state index contributed by atoms with van der Waals surface area (Å²) in [7, 11) is 0. The van der Waals surface area contributed by atoms with E-state index in [1.54, 1.807) is 0 Å². The van der Waals surface area contributed by atoms with Crippen molar-refractivity contribution in [3.63, 3.8) is 0 Å². The molecule has 0 aromatic carbocycles. The molecule has 1 aliphatic rings. The second kappa shape index (κ2) is 5.94. The zero-order valence-corrected chi connectivity index (χ0v) is 12.4. The number of aryl methyl sites for hydroxylation is 1. The number of nitrogens with one attached hydrogen (secondary N) is 1. The Balaban J connectivity index is 1.81. The van der Waals surface area contributed by atoms with Crippen molar-refractivity contribution >= 4 is 11.6 Å². The van der Waals surface area contributed by atoms with Gasteiger partial charge in [-0.05, 0) is 38.4 Å². The molecule has 1 saturated heterocycles. The molecule has 3 heterocycles. The summed E-state index contributed by atoms with van der Waals surface area (Å²) < 4.78 is 0. The molecular formula is C15H19ClN4. The van der Waals surface area contributed by atoms with Gasteiger partial charge in [-0.25, -0.2) is 0 Å². The average molecular weight is 291 g/mol. The number of H-pyrrole nitrogens is 1. The van der Waals surface area contributed by atoms with E-state index in [2.05, 4.69) is 32.2 Å². The number of halogens is 1. The lowest BCUT2D eigenvalue weighted by Crippen LogP contribution is -2.33. The van der Waals surface area contributed by atoms with Crippen LogP contribution in [0.25, 0.3) is 0 Å². The number of pyridine rings is 1. The lowest BCUT2D eigenvalue weighted by Gasteiger charge is -2.34. The Morgan fingerprint density at radius 1 is 1.40 bits per heavy atom. The van der Waals surface area contributed by atoms with Gasteiger partial charge in [0.2, 0.25) is 0 Å². The number of likely N-dealkylation sites (tertiary alicyclic amines) is 1. The zero-order chi connectivity index (χ0) is 13.9. The predicted molar refractivity (Wildman–Crippen MR) is 79.6 cm³/mol. The van der Waals surface area contributed by atoms with E-state index in [1.165, 1.54) is 12.8 Å². The zero-order valence-electron chi connectivity index (χ0n) is 11.6. The van der Waals surface area contributed by atoms with Crippen molar-refractivity contribution in [2.24, 2.45) is 0 Å². The minimum Gasteiger partial charge on any atom is -0.289 e. The van der Waals surface area contributed by atoms with Crippen LogP contribution in [0.4, 0.5) is 0 Å². The third-order valence-corrected chi connectivity index (χ3v) is 4.44. The largest absolute Gasteiger partial charge is 0.289 e. The molecule has 106 valence electrons. The molecule has 1 N–H and O–H groups in total. The van der Waals surface area contributed by atoms with Crippen LogP contribution in [-0.4, -0.2) is 26.6 Å². The summed E-state index contributed by atoms with van der Waals surface area (Å²) in [6.45, 7) is 3.80. The monoisotopic (exact) mass is 290 g/mol. The highest BCUT2D eigenvalue weighted by Crippen LogP contribution is 2.32. The third-order valence-electron chi connectivity index (χ3n) is 3.94. The van der Waals surface area contributed by atoms with Crippen molar-refractivity contribution in [2.75, 3.05) is 6.54 Å². The molecular weight excluding hydrogens is 272 g/mol. The van der Waals surface area contributed by atoms with E-state index < -0.39 is 0 Å². The van der Waals surface area contributed by atoms with Gasteiger partial charge < -0.3 is 0 Å². The minimum atomic E-state index is 0.373. The number of piperidine rings is 1. The molecule has 0 spiro atoms. The first-order chi connectivity index (χ1) is 9.75. The fourth-order valence-corrected chi connectivity index (χ4v) is 3.00. The average Bonchev–Trinajstić information content (AvgIpc) is 2.81. The molecule has 0 bridgehead atoms. The van der Waals surface area contributed by atoms with Gasteiger partial charge in [-0.2, -0.15) is 5.10 Å². The van der Waals surface area contributed by atoms with Crippen molar-refractivity contribution in [3.05, 3.63) is 46.5 Å². The summed E-state index contributed by atoms with van der Waals surface area (Å²) in [4.78, 5) is 6.96. The van der Waals surface area contributed by atoms with Crippen LogP contribution in [0.1, 0.15) is 42.4 Å². The van der Waals surface area contributed by atoms with E-state index >= 15 is 0 Å². The van der Waals surface area contributed by atoms with Crippen LogP contribution in [0.15, 0.2) is 24.4 Å². The molecule has 0 unspecified atom stereocenters. The molecule has 1 atom stereocenters. The van der Waals surface area contributed by atoms with Gasteiger partial charge in [0.05, 0.1) is 28.1 Å². The Morgan fingerprint density at radius 3 is 3.00 bits per heavy atom. The van der Waals surface area contributed by atoms with Crippen LogP contribution >= 0.6 is 11.6 Å². The lowest BCUT2D eigenvalue weighted by molar-refractivity contribution is 0.135. The SMILES string of the molecule is Cc1[nH]nc(CN2CCCC[C@@H]2c2ccccn2)c1Cl. The second-order valence-corrected chi connectivity index (χ2v) is 5.72. The summed E-state index contributed by atoms with van der Waals surface area (Å²) in [6.07, 6.45) is 5.50. The van der Waals surface area contributed by atoms with E-state index in [1.807, 2.05) is 19.2 Å². The molecule has 5 heteroatoms. The van der Waals surface area contributed by atoms with E-state index in [0.29, 0.717) is 6.04 Å². The molecule has 3 rings (SSSR count). The number of aromatic nitrogens is 3. The third kappa shape index (κ3) is 2.72. The molecule has 1 aliphatic heterocycles. The molecule has 0 aliphatic carbocycles. The van der Waals surface area contributed by atoms with Gasteiger partial charge in [0, 0.05) is 12.7 Å². The predicted octanol–water partition coefficient (Wildman–Crippen LogP) is 3.49. The Morgan fingerprint density at radius 2 is 2.30 bits per heavy atom. The number of hydrogen-bond donors (Lipinski definition) is 1. The molecule has 4 nitrogen and oxygen atoms in total. The first-order valence-electron chi connectivity index (χ1n) is 7.10. The summed E-state index contributed by atoms with van der Waals surface area (Å²) in [5.41, 5.74) is 3.02. The van der Waals surface area contributed by atoms with Gasteiger partial charge in [0.15, 0.2) is 0 Å². The summed E-state index contributed by atoms with van der Waals surface area (Å²) in [5, 5.41) is 8.03. The van der Waals surface area contributed by atoms with Crippen LogP contribution in [0.3, 0.4) is 0 Å². The lowest BCUT2D eigenvalue weighted by atomic mass is 9.98. The topological polar surface area (TPSA) is 44.8 Å². The fraction of sp³-hybridized carbons (Fsp3) is 0.467. The summed E-state index contributed by atoms with van der Waals surface area (Å²) in [5.74, 6) is 0. The fourth-order valence-electron chi connectivity index (χ4n) is 2.85. The van der Waals surface area contributed by atoms with Crippen LogP contribution in [0, 0.1) is 6.92 Å². The Kier molecular flexibility index (Phi) is 4.03. The molecule has 2 aromatic rings. The number of nitrogens with zero attached hydrogens (tertiary/aromatic N) is 3. The Labute approximate surface area is 124 Å². The molecule has 0 saturated carbocycles. The van der Waals surface area contributed by atoms with Gasteiger partial charge in [-0.1, -0.05) is 24.1 Å². The van der Waals surface area contributed by atoms with Crippen LogP contribution in [-0.2, 0) is 6.54 Å². The molecule has 1 fully saturated rings. The maximum Gasteiger partial charge on any atom is 0.0951 e. The highest BCUT2D eigenvalue weighted by Gasteiger charge is 2.26. The molecule has 0 radical (unpaired) electrons. The highest BCUT2D eigenvalue weighted by molar-refractivity contribution is 6.31.